The van der Waals surface area contributed by atoms with Gasteiger partial charge in [-0.3, -0.25) is 0 Å². The van der Waals surface area contributed by atoms with Crippen LogP contribution in [0, 0.1) is 0 Å². The molecule has 1 N–H and O–H groups in total. The maximum Gasteiger partial charge on any atom is 1.00 e. The average Bonchev–Trinajstić information content (AvgIpc) is 2.50. The van der Waals surface area contributed by atoms with Crippen molar-refractivity contribution in [1.29, 1.82) is 0 Å². The molecule has 130 valence electrons. The minimum Gasteiger partial charge on any atom is -0.550 e. The van der Waals surface area contributed by atoms with E-state index in [-0.39, 0.29) is 72.0 Å². The molecule has 5 nitrogen and oxygen atoms in total. The van der Waals surface area contributed by atoms with Gasteiger partial charge in [-0.25, -0.2) is 0 Å². The Labute approximate surface area is 192 Å². The third-order valence-electron chi connectivity index (χ3n) is 3.74. The monoisotopic (exact) mass is 360 g/mol. The predicted molar refractivity (Wildman–Crippen MR) is 82.9 cm³/mol. The summed E-state index contributed by atoms with van der Waals surface area (Å²) < 4.78 is 7.05. The van der Waals surface area contributed by atoms with Crippen LogP contribution in [0.15, 0.2) is 0 Å². The largest absolute Gasteiger partial charge is 1.00 e. The fraction of sp³-hybridized carbons (Fsp3) is 0.882. The molecule has 0 aliphatic rings. The summed E-state index contributed by atoms with van der Waals surface area (Å²) in [4.78, 5) is 21.2. The molecule has 0 rings (SSSR count). The zero-order valence-electron chi connectivity index (χ0n) is 16.6. The van der Waals surface area contributed by atoms with Crippen molar-refractivity contribution < 1.29 is 80.3 Å². The second-order valence-electron chi connectivity index (χ2n) is 5.77. The summed E-state index contributed by atoms with van der Waals surface area (Å²) in [7, 11) is 0. The second kappa shape index (κ2) is 21.9. The van der Waals surface area contributed by atoms with Gasteiger partial charge in [0.15, 0.2) is 0 Å². The van der Waals surface area contributed by atoms with Crippen LogP contribution in [0.25, 0.3) is 0 Å². The number of carbonyl (C=O) groups excluding carboxylic acids is 2. The van der Waals surface area contributed by atoms with Crippen LogP contribution in [0.1, 0.15) is 85.3 Å². The van der Waals surface area contributed by atoms with Crippen molar-refractivity contribution in [1.82, 2.24) is 5.32 Å². The first-order valence-electron chi connectivity index (χ1n) is 9.22. The van der Waals surface area contributed by atoms with E-state index >= 15 is 0 Å². The topological polar surface area (TPSA) is 92.3 Å². The normalized spacial score (nSPS) is 11.8. The van der Waals surface area contributed by atoms with Crippen LogP contribution in [0.2, 0.25) is 0 Å². The van der Waals surface area contributed by atoms with E-state index in [0.29, 0.717) is 13.4 Å². The Kier molecular flexibility index (Phi) is 24.8. The Hall–Kier alpha value is 0.900. The van der Waals surface area contributed by atoms with Gasteiger partial charge in [0.25, 0.3) is 0 Å². The molecule has 0 aromatic carbocycles. The molecule has 0 aliphatic heterocycles. The van der Waals surface area contributed by atoms with Crippen LogP contribution in [-0.2, 0) is 9.59 Å². The van der Waals surface area contributed by atoms with Gasteiger partial charge < -0.3 is 25.1 Å². The average molecular weight is 360 g/mol. The fourth-order valence-corrected chi connectivity index (χ4v) is 2.38. The summed E-state index contributed by atoms with van der Waals surface area (Å²) in [5.74, 6) is -2.49. The molecule has 0 aromatic heterocycles. The van der Waals surface area contributed by atoms with E-state index in [0.717, 1.165) is 25.7 Å². The van der Waals surface area contributed by atoms with Crippen molar-refractivity contribution in [2.24, 2.45) is 0 Å². The third-order valence-corrected chi connectivity index (χ3v) is 3.74. The van der Waals surface area contributed by atoms with Crippen molar-refractivity contribution in [3.05, 3.63) is 0 Å². The standard InChI is InChI=1S/C17H33NO4.2Na/c1-2-3-4-5-6-7-8-9-10-11-14-18-15(17(21)22)12-13-16(19)20;;/h15,18H,2-14H2,1H3,(H,19,20)(H,21,22);;/q;2*+1/p-2/t15-;;/m0../s1/i1D;;. The van der Waals surface area contributed by atoms with Gasteiger partial charge in [0, 0.05) is 13.4 Å². The summed E-state index contributed by atoms with van der Waals surface area (Å²) in [6.07, 6.45) is 11.2. The first-order valence-corrected chi connectivity index (χ1v) is 8.51. The molecular weight excluding hydrogens is 328 g/mol. The number of carboxylic acid groups (broad SMARTS) is 2. The van der Waals surface area contributed by atoms with Gasteiger partial charge in [-0.05, 0) is 25.8 Å². The number of carboxylic acids is 2. The maximum absolute atomic E-state index is 10.8. The molecular formula is C17H31NNa2O4. The molecule has 1 atom stereocenters. The minimum absolute atomic E-state index is 0. The van der Waals surface area contributed by atoms with Gasteiger partial charge in [0.2, 0.25) is 0 Å². The zero-order valence-corrected chi connectivity index (χ0v) is 19.6. The van der Waals surface area contributed by atoms with Crippen molar-refractivity contribution in [2.45, 2.75) is 90.0 Å². The van der Waals surface area contributed by atoms with Crippen LogP contribution < -0.4 is 74.6 Å². The van der Waals surface area contributed by atoms with E-state index in [1.54, 1.807) is 0 Å². The molecule has 0 bridgehead atoms. The van der Waals surface area contributed by atoms with Gasteiger partial charge in [-0.2, -0.15) is 0 Å². The molecule has 0 fully saturated rings. The quantitative estimate of drug-likeness (QED) is 0.220. The van der Waals surface area contributed by atoms with Crippen LogP contribution in [-0.4, -0.2) is 24.5 Å². The Bertz CT molecular complexity index is 323. The SMILES string of the molecule is [2H]CCCCCCCCCCCCN[C@@H](CCC(=O)[O-])C(=O)[O-].[Na+].[Na+]. The Balaban J connectivity index is -0.00000242. The van der Waals surface area contributed by atoms with E-state index in [1.807, 2.05) is 0 Å². The Morgan fingerprint density at radius 2 is 1.42 bits per heavy atom. The molecule has 0 aromatic rings. The molecule has 0 spiro atoms. The molecule has 0 radical (unpaired) electrons. The summed E-state index contributed by atoms with van der Waals surface area (Å²) >= 11 is 0. The Morgan fingerprint density at radius 3 is 1.88 bits per heavy atom. The smallest absolute Gasteiger partial charge is 0.550 e. The minimum atomic E-state index is -1.25. The van der Waals surface area contributed by atoms with E-state index < -0.39 is 18.0 Å². The molecule has 24 heavy (non-hydrogen) atoms. The second-order valence-corrected chi connectivity index (χ2v) is 5.77. The third kappa shape index (κ3) is 20.9. The molecule has 0 amide bonds. The van der Waals surface area contributed by atoms with Gasteiger partial charge in [-0.1, -0.05) is 64.7 Å². The van der Waals surface area contributed by atoms with Crippen LogP contribution in [0.4, 0.5) is 0 Å². The van der Waals surface area contributed by atoms with Crippen molar-refractivity contribution >= 4 is 11.9 Å². The van der Waals surface area contributed by atoms with Crippen LogP contribution in [0.5, 0.6) is 0 Å². The van der Waals surface area contributed by atoms with E-state index in [9.17, 15) is 19.8 Å². The first kappa shape index (κ1) is 27.1. The number of hydrogen-bond acceptors (Lipinski definition) is 5. The van der Waals surface area contributed by atoms with Gasteiger partial charge >= 0.3 is 59.1 Å². The van der Waals surface area contributed by atoms with Crippen LogP contribution >= 0.6 is 0 Å². The molecule has 0 saturated carbocycles. The summed E-state index contributed by atoms with van der Waals surface area (Å²) in [5, 5.41) is 24.0. The zero-order chi connectivity index (χ0) is 17.3. The summed E-state index contributed by atoms with van der Waals surface area (Å²) in [5.41, 5.74) is 0. The summed E-state index contributed by atoms with van der Waals surface area (Å²) in [6, 6.07) is -0.906. The fourth-order valence-electron chi connectivity index (χ4n) is 2.38. The molecule has 0 aliphatic carbocycles. The van der Waals surface area contributed by atoms with Gasteiger partial charge in [-0.15, -0.1) is 0 Å². The van der Waals surface area contributed by atoms with Gasteiger partial charge in [0.05, 0.1) is 5.97 Å². The van der Waals surface area contributed by atoms with Crippen molar-refractivity contribution in [3.63, 3.8) is 0 Å². The number of aliphatic carboxylic acids is 2. The number of nitrogens with one attached hydrogen (secondary N) is 1. The number of rotatable bonds is 16. The maximum atomic E-state index is 10.8. The molecule has 0 saturated heterocycles. The van der Waals surface area contributed by atoms with E-state index in [2.05, 4.69) is 5.32 Å². The molecule has 7 heteroatoms. The van der Waals surface area contributed by atoms with Crippen molar-refractivity contribution in [3.8, 4) is 0 Å². The van der Waals surface area contributed by atoms with Crippen LogP contribution in [0.3, 0.4) is 0 Å². The number of carbonyl (C=O) groups is 2. The van der Waals surface area contributed by atoms with E-state index in [1.165, 1.54) is 38.5 Å². The number of unbranched alkanes of at least 4 members (excludes halogenated alkanes) is 9. The number of hydrogen-bond donors (Lipinski definition) is 1. The van der Waals surface area contributed by atoms with Crippen molar-refractivity contribution in [2.75, 3.05) is 6.54 Å². The molecule has 0 heterocycles. The summed E-state index contributed by atoms with van der Waals surface area (Å²) in [6.45, 7) is 1.11. The van der Waals surface area contributed by atoms with E-state index in [4.69, 9.17) is 1.37 Å². The first-order chi connectivity index (χ1) is 11.1. The van der Waals surface area contributed by atoms with Gasteiger partial charge in [0.1, 0.15) is 0 Å². The predicted octanol–water partition coefficient (Wildman–Crippen LogP) is -4.85. The Morgan fingerprint density at radius 1 is 0.917 bits per heavy atom. The molecule has 0 unspecified atom stereocenters.